The fourth-order valence-electron chi connectivity index (χ4n) is 6.67. The summed E-state index contributed by atoms with van der Waals surface area (Å²) >= 11 is 1.47. The van der Waals surface area contributed by atoms with Crippen molar-refractivity contribution in [1.29, 1.82) is 0 Å². The van der Waals surface area contributed by atoms with Crippen molar-refractivity contribution in [3.05, 3.63) is 107 Å². The molecule has 3 aliphatic rings. The minimum atomic E-state index is -4.67. The summed E-state index contributed by atoms with van der Waals surface area (Å²) in [6, 6.07) is 15.4. The Kier molecular flexibility index (Phi) is 20.2. The molecule has 0 fully saturated rings. The standard InChI is InChI=1S/C14H18FNO2S.C14H18FNOS.C14H18FNS.H2O4S/c1-3-16-9-7-11(8-10-16)12-5-4-6-13(14(12)15)19(2,17)18;1-3-16-9-7-11(8-10-16)12-5-4-6-13(14(12)15)18(2)17;1-3-16-9-7-11(8-10-16)12-5-4-6-13(17-2)14(12)15;1-5(2,3)4/h4-7H,3,8-10H2,1-2H3;4-7H,3,8-10H2,1-2H3;4-7H,3,8-10H2,1-2H3;(H2,1,2,3,4). The molecule has 0 radical (unpaired) electrons. The van der Waals surface area contributed by atoms with Crippen LogP contribution in [0.3, 0.4) is 0 Å². The van der Waals surface area contributed by atoms with Crippen LogP contribution in [0.25, 0.3) is 16.7 Å². The highest BCUT2D eigenvalue weighted by Gasteiger charge is 2.21. The molecule has 2 N–H and O–H groups in total. The third-order valence-corrected chi connectivity index (χ3v) is 12.9. The van der Waals surface area contributed by atoms with E-state index in [0.717, 1.165) is 112 Å². The molecule has 0 bridgehead atoms. The van der Waals surface area contributed by atoms with Crippen molar-refractivity contribution < 1.29 is 43.3 Å². The van der Waals surface area contributed by atoms with Crippen LogP contribution in [0.4, 0.5) is 13.2 Å². The molecule has 3 aromatic carbocycles. The summed E-state index contributed by atoms with van der Waals surface area (Å²) < 4.78 is 109. The summed E-state index contributed by atoms with van der Waals surface area (Å²) in [4.78, 5) is 7.74. The average Bonchev–Trinajstić information content (AvgIpc) is 3.20. The monoisotopic (exact) mass is 899 g/mol. The van der Waals surface area contributed by atoms with Gasteiger partial charge >= 0.3 is 10.4 Å². The second-order valence-electron chi connectivity index (χ2n) is 13.8. The number of halogens is 3. The van der Waals surface area contributed by atoms with E-state index in [0.29, 0.717) is 16.0 Å². The predicted molar refractivity (Wildman–Crippen MR) is 235 cm³/mol. The largest absolute Gasteiger partial charge is 0.394 e. The van der Waals surface area contributed by atoms with E-state index in [1.165, 1.54) is 24.1 Å². The molecule has 1 atom stereocenters. The molecule has 0 aliphatic carbocycles. The quantitative estimate of drug-likeness (QED) is 0.160. The van der Waals surface area contributed by atoms with Crippen molar-refractivity contribution in [1.82, 2.24) is 14.7 Å². The molecule has 0 spiro atoms. The Morgan fingerprint density at radius 3 is 1.36 bits per heavy atom. The minimum Gasteiger partial charge on any atom is -0.300 e. The zero-order valence-corrected chi connectivity index (χ0v) is 37.7. The van der Waals surface area contributed by atoms with Gasteiger partial charge in [0, 0.05) is 73.4 Å². The zero-order valence-electron chi connectivity index (χ0n) is 34.5. The molecule has 3 heterocycles. The highest BCUT2D eigenvalue weighted by molar-refractivity contribution is 7.98. The summed E-state index contributed by atoms with van der Waals surface area (Å²) in [5.74, 6) is -1.01. The number of rotatable bonds is 9. The maximum absolute atomic E-state index is 14.3. The molecule has 3 aliphatic heterocycles. The van der Waals surface area contributed by atoms with Gasteiger partial charge in [-0.2, -0.15) is 8.42 Å². The summed E-state index contributed by atoms with van der Waals surface area (Å²) in [5.41, 5.74) is 4.89. The molecule has 0 saturated carbocycles. The molecule has 1 unspecified atom stereocenters. The fourth-order valence-corrected chi connectivity index (χ4v) is 8.57. The number of hydrogen-bond donors (Lipinski definition) is 2. The molecular weight excluding hydrogens is 844 g/mol. The second-order valence-corrected chi connectivity index (χ2v) is 18.9. The van der Waals surface area contributed by atoms with Gasteiger partial charge in [-0.05, 0) is 80.1 Å². The normalized spacial score (nSPS) is 17.1. The van der Waals surface area contributed by atoms with Gasteiger partial charge in [0.25, 0.3) is 0 Å². The maximum atomic E-state index is 14.3. The molecule has 326 valence electrons. The van der Waals surface area contributed by atoms with E-state index in [9.17, 15) is 25.8 Å². The lowest BCUT2D eigenvalue weighted by Gasteiger charge is -2.25. The van der Waals surface area contributed by atoms with Crippen LogP contribution in [0.15, 0.2) is 87.5 Å². The van der Waals surface area contributed by atoms with Crippen LogP contribution in [0.5, 0.6) is 0 Å². The van der Waals surface area contributed by atoms with E-state index in [4.69, 9.17) is 17.5 Å². The van der Waals surface area contributed by atoms with Crippen LogP contribution in [0.2, 0.25) is 0 Å². The average molecular weight is 900 g/mol. The first kappa shape index (κ1) is 50.2. The van der Waals surface area contributed by atoms with E-state index in [2.05, 4.69) is 47.6 Å². The lowest BCUT2D eigenvalue weighted by atomic mass is 9.99. The van der Waals surface area contributed by atoms with Gasteiger partial charge < -0.3 is 0 Å². The number of sulfone groups is 1. The van der Waals surface area contributed by atoms with Gasteiger partial charge in [0.1, 0.15) is 22.3 Å². The van der Waals surface area contributed by atoms with E-state index in [1.807, 2.05) is 30.5 Å². The third kappa shape index (κ3) is 15.7. The number of benzene rings is 3. The predicted octanol–water partition coefficient (Wildman–Crippen LogP) is 8.01. The van der Waals surface area contributed by atoms with Gasteiger partial charge in [-0.25, -0.2) is 21.6 Å². The number of thioether (sulfide) groups is 1. The maximum Gasteiger partial charge on any atom is 0.394 e. The Balaban J connectivity index is 0.000000224. The first-order chi connectivity index (χ1) is 27.8. The van der Waals surface area contributed by atoms with Gasteiger partial charge in [-0.1, -0.05) is 75.4 Å². The Labute approximate surface area is 355 Å². The Morgan fingerprint density at radius 2 is 1.02 bits per heavy atom. The first-order valence-electron chi connectivity index (χ1n) is 19.2. The lowest BCUT2D eigenvalue weighted by molar-refractivity contribution is 0.318. The van der Waals surface area contributed by atoms with Crippen LogP contribution < -0.4 is 0 Å². The molecular formula is C42H56F3N3O7S4. The number of nitrogens with zero attached hydrogens (tertiary/aromatic N) is 3. The molecule has 10 nitrogen and oxygen atoms in total. The van der Waals surface area contributed by atoms with E-state index in [-0.39, 0.29) is 16.5 Å². The van der Waals surface area contributed by atoms with Gasteiger partial charge in [0.15, 0.2) is 9.84 Å². The number of hydrogen-bond acceptors (Lipinski definition) is 9. The first-order valence-corrected chi connectivity index (χ1v) is 25.3. The van der Waals surface area contributed by atoms with Crippen molar-refractivity contribution in [3.8, 4) is 0 Å². The minimum absolute atomic E-state index is 0.0591. The lowest BCUT2D eigenvalue weighted by Crippen LogP contribution is -2.28. The molecule has 6 rings (SSSR count). The topological polar surface area (TPSA) is 136 Å². The molecule has 0 aromatic heterocycles. The summed E-state index contributed by atoms with van der Waals surface area (Å²) in [6.45, 7) is 14.9. The highest BCUT2D eigenvalue weighted by Crippen LogP contribution is 2.31. The van der Waals surface area contributed by atoms with E-state index < -0.39 is 36.9 Å². The zero-order chi connectivity index (χ0) is 43.9. The summed E-state index contributed by atoms with van der Waals surface area (Å²) in [5, 5.41) is 0. The Morgan fingerprint density at radius 1 is 0.644 bits per heavy atom. The molecule has 17 heteroatoms. The van der Waals surface area contributed by atoms with Crippen molar-refractivity contribution in [2.45, 2.75) is 54.7 Å². The van der Waals surface area contributed by atoms with Crippen LogP contribution in [-0.2, 0) is 31.0 Å². The van der Waals surface area contributed by atoms with Crippen molar-refractivity contribution >= 4 is 59.5 Å². The van der Waals surface area contributed by atoms with Crippen LogP contribution in [0.1, 0.15) is 56.7 Å². The van der Waals surface area contributed by atoms with Gasteiger partial charge in [-0.3, -0.25) is 28.0 Å². The Bertz CT molecular complexity index is 2230. The van der Waals surface area contributed by atoms with Crippen molar-refractivity contribution in [3.63, 3.8) is 0 Å². The second kappa shape index (κ2) is 23.8. The SMILES string of the molecule is CCN1CC=C(c2cccc(S(C)(=O)=O)c2F)CC1.CCN1CC=C(c2cccc(S(C)=O)c2F)CC1.CCN1CC=C(c2cccc(SC)c2F)CC1.O=S(=O)(O)O. The smallest absolute Gasteiger partial charge is 0.300 e. The van der Waals surface area contributed by atoms with E-state index in [1.54, 1.807) is 30.3 Å². The van der Waals surface area contributed by atoms with Gasteiger partial charge in [0.2, 0.25) is 0 Å². The molecule has 3 aromatic rings. The summed E-state index contributed by atoms with van der Waals surface area (Å²) in [6.07, 6.45) is 13.2. The van der Waals surface area contributed by atoms with Gasteiger partial charge in [-0.15, -0.1) is 11.8 Å². The third-order valence-electron chi connectivity index (χ3n) is 10.1. The van der Waals surface area contributed by atoms with Gasteiger partial charge in [0.05, 0.1) is 15.7 Å². The van der Waals surface area contributed by atoms with Crippen LogP contribution in [0, 0.1) is 17.5 Å². The van der Waals surface area contributed by atoms with Crippen LogP contribution >= 0.6 is 11.8 Å². The van der Waals surface area contributed by atoms with Crippen molar-refractivity contribution in [2.75, 3.05) is 77.7 Å². The van der Waals surface area contributed by atoms with E-state index >= 15 is 0 Å². The highest BCUT2D eigenvalue weighted by atomic mass is 32.3. The number of likely N-dealkylation sites (N-methyl/N-ethyl adjacent to an activating group) is 3. The molecule has 0 amide bonds. The summed E-state index contributed by atoms with van der Waals surface area (Å²) in [7, 11) is -9.47. The molecule has 59 heavy (non-hydrogen) atoms. The van der Waals surface area contributed by atoms with Crippen molar-refractivity contribution in [2.24, 2.45) is 0 Å². The molecule has 0 saturated heterocycles. The Hall–Kier alpha value is -3.13. The van der Waals surface area contributed by atoms with Crippen LogP contribution in [-0.4, -0.2) is 123 Å². The fraction of sp³-hybridized carbons (Fsp3) is 0.429.